The Morgan fingerprint density at radius 2 is 1.69 bits per heavy atom. The first-order valence-electron chi connectivity index (χ1n) is 12.8. The number of carbonyl (C=O) groups excluding carboxylic acids is 3. The smallest absolute Gasteiger partial charge is 0.309 e. The molecule has 2 fully saturated rings. The monoisotopic (exact) mass is 488 g/mol. The lowest BCUT2D eigenvalue weighted by Gasteiger charge is -2.52. The molecule has 0 aromatic heterocycles. The van der Waals surface area contributed by atoms with Crippen LogP contribution in [0.3, 0.4) is 0 Å². The van der Waals surface area contributed by atoms with Crippen LogP contribution in [0, 0.1) is 46.8 Å². The minimum absolute atomic E-state index is 0.0236. The molecule has 0 aromatic carbocycles. The Kier molecular flexibility index (Phi) is 6.16. The molecular weight excluding hydrogens is 448 g/mol. The van der Waals surface area contributed by atoms with Crippen LogP contribution in [0.25, 0.3) is 0 Å². The average molecular weight is 489 g/mol. The number of Topliss-reactive ketones (excluding diaryl/α,β-unsaturated/α-hetero) is 1. The normalized spacial score (nSPS) is 41.3. The summed E-state index contributed by atoms with van der Waals surface area (Å²) in [7, 11) is 0. The van der Waals surface area contributed by atoms with E-state index in [1.54, 1.807) is 34.6 Å². The molecule has 0 saturated heterocycles. The molecule has 0 aromatic rings. The van der Waals surface area contributed by atoms with Crippen molar-refractivity contribution >= 4 is 17.7 Å². The second-order valence-corrected chi connectivity index (χ2v) is 12.3. The van der Waals surface area contributed by atoms with Crippen LogP contribution < -0.4 is 0 Å². The highest BCUT2D eigenvalue weighted by Gasteiger charge is 2.87. The first kappa shape index (κ1) is 26.1. The average Bonchev–Trinajstić information content (AvgIpc) is 3.17. The molecule has 4 aliphatic carbocycles. The predicted molar refractivity (Wildman–Crippen MR) is 129 cm³/mol. The number of aliphatic hydroxyl groups is 2. The van der Waals surface area contributed by atoms with Crippen molar-refractivity contribution in [2.45, 2.75) is 79.1 Å². The van der Waals surface area contributed by atoms with Crippen LogP contribution in [0.5, 0.6) is 0 Å². The Morgan fingerprint density at radius 1 is 1.09 bits per heavy atom. The Morgan fingerprint density at radius 3 is 2.23 bits per heavy atom. The summed E-state index contributed by atoms with van der Waals surface area (Å²) in [5.41, 5.74) is -1.85. The summed E-state index contributed by atoms with van der Waals surface area (Å²) in [5, 5.41) is 22.8. The van der Waals surface area contributed by atoms with Crippen LogP contribution in [-0.2, 0) is 23.9 Å². The van der Waals surface area contributed by atoms with Gasteiger partial charge >= 0.3 is 11.9 Å². The molecule has 4 rings (SSSR count). The Bertz CT molecular complexity index is 1000. The zero-order valence-corrected chi connectivity index (χ0v) is 22.1. The van der Waals surface area contributed by atoms with Crippen molar-refractivity contribution in [2.24, 2.45) is 46.8 Å². The van der Waals surface area contributed by atoms with Crippen molar-refractivity contribution in [3.05, 3.63) is 23.3 Å². The van der Waals surface area contributed by atoms with Crippen molar-refractivity contribution in [3.63, 3.8) is 0 Å². The van der Waals surface area contributed by atoms with E-state index in [-0.39, 0.29) is 30.2 Å². The molecule has 0 bridgehead atoms. The van der Waals surface area contributed by atoms with E-state index in [0.717, 1.165) is 0 Å². The minimum Gasteiger partial charge on any atom is -0.457 e. The molecule has 4 aliphatic rings. The number of ketones is 1. The summed E-state index contributed by atoms with van der Waals surface area (Å²) < 4.78 is 12.3. The van der Waals surface area contributed by atoms with E-state index >= 15 is 0 Å². The summed E-state index contributed by atoms with van der Waals surface area (Å²) in [6.45, 7) is 14.4. The van der Waals surface area contributed by atoms with Gasteiger partial charge in [0.2, 0.25) is 0 Å². The van der Waals surface area contributed by atoms with E-state index < -0.39 is 58.3 Å². The molecule has 0 heterocycles. The maximum atomic E-state index is 13.1. The van der Waals surface area contributed by atoms with Crippen molar-refractivity contribution in [2.75, 3.05) is 6.61 Å². The fourth-order valence-electron chi connectivity index (χ4n) is 7.30. The molecule has 0 unspecified atom stereocenters. The van der Waals surface area contributed by atoms with Crippen molar-refractivity contribution in [3.8, 4) is 0 Å². The third-order valence-corrected chi connectivity index (χ3v) is 9.34. The van der Waals surface area contributed by atoms with E-state index in [1.165, 1.54) is 0 Å². The van der Waals surface area contributed by atoms with E-state index in [0.29, 0.717) is 17.6 Å². The largest absolute Gasteiger partial charge is 0.457 e. The first-order valence-corrected chi connectivity index (χ1v) is 12.8. The molecule has 0 radical (unpaired) electrons. The van der Waals surface area contributed by atoms with Gasteiger partial charge in [0.15, 0.2) is 11.4 Å². The van der Waals surface area contributed by atoms with Gasteiger partial charge in [0.25, 0.3) is 0 Å². The van der Waals surface area contributed by atoms with Gasteiger partial charge in [0, 0.05) is 35.0 Å². The molecule has 7 nitrogen and oxygen atoms in total. The van der Waals surface area contributed by atoms with Gasteiger partial charge in [0.1, 0.15) is 6.10 Å². The summed E-state index contributed by atoms with van der Waals surface area (Å²) in [4.78, 5) is 39.0. The molecule has 2 N–H and O–H groups in total. The highest BCUT2D eigenvalue weighted by molar-refractivity contribution is 6.00. The van der Waals surface area contributed by atoms with Crippen LogP contribution in [0.15, 0.2) is 23.3 Å². The van der Waals surface area contributed by atoms with Crippen LogP contribution in [0.2, 0.25) is 0 Å². The second-order valence-electron chi connectivity index (χ2n) is 12.3. The number of hydrogen-bond donors (Lipinski definition) is 2. The molecule has 0 amide bonds. The van der Waals surface area contributed by atoms with Gasteiger partial charge in [-0.25, -0.2) is 0 Å². The second kappa shape index (κ2) is 8.27. The lowest BCUT2D eigenvalue weighted by atomic mass is 9.59. The lowest BCUT2D eigenvalue weighted by Crippen LogP contribution is -2.64. The maximum Gasteiger partial charge on any atom is 0.309 e. The summed E-state index contributed by atoms with van der Waals surface area (Å²) in [5.74, 6) is -4.06. The topological polar surface area (TPSA) is 110 Å². The van der Waals surface area contributed by atoms with Crippen LogP contribution in [0.4, 0.5) is 0 Å². The van der Waals surface area contributed by atoms with Crippen LogP contribution >= 0.6 is 0 Å². The fraction of sp³-hybridized carbons (Fsp3) is 0.750. The number of rotatable bonds is 5. The first-order chi connectivity index (χ1) is 16.2. The van der Waals surface area contributed by atoms with E-state index in [2.05, 4.69) is 0 Å². The minimum atomic E-state index is -1.43. The fourth-order valence-corrected chi connectivity index (χ4v) is 7.30. The molecule has 7 heteroatoms. The molecule has 35 heavy (non-hydrogen) atoms. The number of hydrogen-bond acceptors (Lipinski definition) is 7. The van der Waals surface area contributed by atoms with Gasteiger partial charge in [-0.2, -0.15) is 0 Å². The number of ether oxygens (including phenoxy) is 2. The number of carbonyl (C=O) groups is 3. The lowest BCUT2D eigenvalue weighted by molar-refractivity contribution is -0.223. The number of esters is 2. The number of allylic oxidation sites excluding steroid dienone is 1. The molecule has 8 atom stereocenters. The highest BCUT2D eigenvalue weighted by Crippen LogP contribution is 2.77. The van der Waals surface area contributed by atoms with Gasteiger partial charge in [-0.1, -0.05) is 60.6 Å². The van der Waals surface area contributed by atoms with Gasteiger partial charge in [0.05, 0.1) is 24.0 Å². The maximum absolute atomic E-state index is 13.1. The van der Waals surface area contributed by atoms with E-state index in [9.17, 15) is 24.6 Å². The summed E-state index contributed by atoms with van der Waals surface area (Å²) >= 11 is 0. The predicted octanol–water partition coefficient (Wildman–Crippen LogP) is 3.23. The SMILES string of the molecule is CC1=C[C@@H]2[C@@H](CC(CO)=C[C@H]3[C@@H]4C(C)(C)[C@]4(OC(=O)C(C)C)[C@H](OC(=O)C(C)C)[C@@H](C)[C@]23O)C1=O. The molecule has 2 saturated carbocycles. The standard InChI is InChI=1S/C28H40O7/c1-13(2)24(31)34-23-16(6)27(33)19-9-15(5)21(30)18(19)10-17(12-29)11-20(27)22-26(7,8)28(22,23)35-25(32)14(3)4/h9,11,13-14,16,18-20,22-23,29,33H,10,12H2,1-8H3/t16-,18-,19-,20+,22-,23-,27+,28-/m1/s1. The Hall–Kier alpha value is -1.99. The van der Waals surface area contributed by atoms with Crippen molar-refractivity contribution < 1.29 is 34.1 Å². The van der Waals surface area contributed by atoms with E-state index in [4.69, 9.17) is 9.47 Å². The van der Waals surface area contributed by atoms with Gasteiger partial charge < -0.3 is 19.7 Å². The third kappa shape index (κ3) is 3.41. The summed E-state index contributed by atoms with van der Waals surface area (Å²) in [6, 6.07) is 0. The Balaban J connectivity index is 1.92. The third-order valence-electron chi connectivity index (χ3n) is 9.34. The van der Waals surface area contributed by atoms with Crippen molar-refractivity contribution in [1.29, 1.82) is 0 Å². The quantitative estimate of drug-likeness (QED) is 0.452. The zero-order valence-electron chi connectivity index (χ0n) is 22.1. The van der Waals surface area contributed by atoms with Gasteiger partial charge in [-0.3, -0.25) is 14.4 Å². The summed E-state index contributed by atoms with van der Waals surface area (Å²) in [6.07, 6.45) is 3.25. The highest BCUT2D eigenvalue weighted by atomic mass is 16.6. The van der Waals surface area contributed by atoms with Crippen LogP contribution in [0.1, 0.15) is 61.8 Å². The molecule has 194 valence electrons. The van der Waals surface area contributed by atoms with Gasteiger partial charge in [-0.15, -0.1) is 0 Å². The number of aliphatic hydroxyl groups excluding tert-OH is 1. The zero-order chi connectivity index (χ0) is 26.2. The van der Waals surface area contributed by atoms with Gasteiger partial charge in [-0.05, 0) is 24.5 Å². The Labute approximate surface area is 207 Å². The van der Waals surface area contributed by atoms with E-state index in [1.807, 2.05) is 32.9 Å². The van der Waals surface area contributed by atoms with Crippen molar-refractivity contribution in [1.82, 2.24) is 0 Å². The molecule has 0 spiro atoms. The number of fused-ring (bicyclic) bond motifs is 5. The molecular formula is C28H40O7. The molecule has 0 aliphatic heterocycles. The van der Waals surface area contributed by atoms with Crippen LogP contribution in [-0.4, -0.2) is 51.8 Å².